The molecule has 6 heteroatoms. The third-order valence-electron chi connectivity index (χ3n) is 6.04. The molecule has 0 aliphatic carbocycles. The van der Waals surface area contributed by atoms with E-state index in [-0.39, 0.29) is 12.0 Å². The SMILES string of the molecule is C=C1C(=O)O[C@@H]2C[C@H]3O[C@@](OC)(C=C3C)[C@H](C)C[C@H](OC(=O)/C(C)=C\C)[C@@H]12. The maximum atomic E-state index is 12.5. The van der Waals surface area contributed by atoms with Crippen molar-refractivity contribution in [3.63, 3.8) is 0 Å². The molecule has 0 N–H and O–H groups in total. The number of hydrogen-bond donors (Lipinski definition) is 0. The average Bonchev–Trinajstić information content (AvgIpc) is 3.11. The molecule has 2 bridgehead atoms. The highest BCUT2D eigenvalue weighted by Crippen LogP contribution is 2.46. The first-order valence-electron chi connectivity index (χ1n) is 9.38. The van der Waals surface area contributed by atoms with Crippen molar-refractivity contribution in [1.82, 2.24) is 0 Å². The number of carbonyl (C=O) groups is 2. The number of carbonyl (C=O) groups excluding carboxylic acids is 2. The first kappa shape index (κ1) is 19.8. The van der Waals surface area contributed by atoms with Crippen LogP contribution in [0.15, 0.2) is 35.5 Å². The van der Waals surface area contributed by atoms with Crippen LogP contribution in [0.2, 0.25) is 0 Å². The van der Waals surface area contributed by atoms with Crippen molar-refractivity contribution in [2.75, 3.05) is 7.11 Å². The molecule has 0 radical (unpaired) electrons. The minimum atomic E-state index is -0.876. The summed E-state index contributed by atoms with van der Waals surface area (Å²) in [6.45, 7) is 11.4. The highest BCUT2D eigenvalue weighted by molar-refractivity contribution is 5.91. The molecule has 6 nitrogen and oxygen atoms in total. The van der Waals surface area contributed by atoms with Gasteiger partial charge in [-0.1, -0.05) is 19.6 Å². The van der Waals surface area contributed by atoms with E-state index < -0.39 is 35.9 Å². The second kappa shape index (κ2) is 7.24. The average molecular weight is 376 g/mol. The van der Waals surface area contributed by atoms with Gasteiger partial charge in [-0.15, -0.1) is 0 Å². The van der Waals surface area contributed by atoms with Gasteiger partial charge in [-0.2, -0.15) is 0 Å². The molecule has 6 atom stereocenters. The Hall–Kier alpha value is -1.92. The highest BCUT2D eigenvalue weighted by atomic mass is 16.7. The monoisotopic (exact) mass is 376 g/mol. The van der Waals surface area contributed by atoms with E-state index in [4.69, 9.17) is 18.9 Å². The number of methoxy groups -OCH3 is 1. The fourth-order valence-corrected chi connectivity index (χ4v) is 4.21. The number of fused-ring (bicyclic) bond motifs is 3. The number of ether oxygens (including phenoxy) is 4. The van der Waals surface area contributed by atoms with Gasteiger partial charge in [-0.3, -0.25) is 0 Å². The minimum absolute atomic E-state index is 0.103. The Labute approximate surface area is 160 Å². The van der Waals surface area contributed by atoms with Crippen molar-refractivity contribution in [3.05, 3.63) is 35.5 Å². The van der Waals surface area contributed by atoms with Crippen LogP contribution in [0.5, 0.6) is 0 Å². The number of hydrogen-bond acceptors (Lipinski definition) is 6. The van der Waals surface area contributed by atoms with E-state index in [2.05, 4.69) is 6.58 Å². The van der Waals surface area contributed by atoms with Crippen LogP contribution in [0.25, 0.3) is 0 Å². The number of rotatable bonds is 3. The van der Waals surface area contributed by atoms with Crippen LogP contribution in [-0.2, 0) is 28.5 Å². The maximum absolute atomic E-state index is 12.5. The lowest BCUT2D eigenvalue weighted by atomic mass is 9.81. The van der Waals surface area contributed by atoms with Crippen LogP contribution in [0.1, 0.15) is 40.5 Å². The second-order valence-electron chi connectivity index (χ2n) is 7.70. The van der Waals surface area contributed by atoms with Crippen molar-refractivity contribution in [1.29, 1.82) is 0 Å². The second-order valence-corrected chi connectivity index (χ2v) is 7.70. The fourth-order valence-electron chi connectivity index (χ4n) is 4.21. The van der Waals surface area contributed by atoms with Crippen molar-refractivity contribution in [2.45, 2.75) is 64.6 Å². The molecule has 3 rings (SSSR count). The van der Waals surface area contributed by atoms with E-state index in [1.54, 1.807) is 27.0 Å². The Morgan fingerprint density at radius 2 is 2.11 bits per heavy atom. The molecule has 2 saturated heterocycles. The molecular formula is C21H28O6. The van der Waals surface area contributed by atoms with Crippen LogP contribution in [-0.4, -0.2) is 43.1 Å². The van der Waals surface area contributed by atoms with Gasteiger partial charge >= 0.3 is 11.9 Å². The standard InChI is InChI=1S/C21H28O6/c1-7-11(2)19(22)25-16-8-13(4)21(24-6)10-12(3)15(27-21)9-17-18(16)14(5)20(23)26-17/h7,10,13,15-18H,5,8-9H2,1-4,6H3/b11-7-/t13-,15-,16+,17-,18-,21+/m1/s1. The van der Waals surface area contributed by atoms with Crippen LogP contribution in [0.4, 0.5) is 0 Å². The van der Waals surface area contributed by atoms with E-state index in [0.29, 0.717) is 24.0 Å². The molecule has 0 aromatic carbocycles. The topological polar surface area (TPSA) is 71.1 Å². The molecule has 0 unspecified atom stereocenters. The molecule has 0 amide bonds. The molecule has 3 aliphatic rings. The van der Waals surface area contributed by atoms with Crippen LogP contribution >= 0.6 is 0 Å². The van der Waals surface area contributed by atoms with Gasteiger partial charge in [0.15, 0.2) is 5.79 Å². The van der Waals surface area contributed by atoms with Crippen LogP contribution in [0, 0.1) is 11.8 Å². The zero-order valence-electron chi connectivity index (χ0n) is 16.6. The van der Waals surface area contributed by atoms with E-state index in [0.717, 1.165) is 5.57 Å². The molecular weight excluding hydrogens is 348 g/mol. The Morgan fingerprint density at radius 3 is 2.74 bits per heavy atom. The molecule has 2 fully saturated rings. The Balaban J connectivity index is 1.99. The van der Waals surface area contributed by atoms with Gasteiger partial charge in [-0.05, 0) is 38.8 Å². The van der Waals surface area contributed by atoms with E-state index in [1.165, 1.54) is 0 Å². The van der Waals surface area contributed by atoms with Gasteiger partial charge in [0.25, 0.3) is 0 Å². The summed E-state index contributed by atoms with van der Waals surface area (Å²) in [5.41, 5.74) is 1.93. The summed E-state index contributed by atoms with van der Waals surface area (Å²) in [7, 11) is 1.62. The van der Waals surface area contributed by atoms with E-state index in [9.17, 15) is 9.59 Å². The highest BCUT2D eigenvalue weighted by Gasteiger charge is 2.53. The van der Waals surface area contributed by atoms with E-state index in [1.807, 2.05) is 19.9 Å². The Kier molecular flexibility index (Phi) is 5.32. The molecule has 0 saturated carbocycles. The summed E-state index contributed by atoms with van der Waals surface area (Å²) in [5.74, 6) is -2.20. The summed E-state index contributed by atoms with van der Waals surface area (Å²) in [4.78, 5) is 24.7. The maximum Gasteiger partial charge on any atom is 0.334 e. The molecule has 3 aliphatic heterocycles. The van der Waals surface area contributed by atoms with Gasteiger partial charge in [-0.25, -0.2) is 9.59 Å². The summed E-state index contributed by atoms with van der Waals surface area (Å²) < 4.78 is 23.4. The van der Waals surface area contributed by atoms with Gasteiger partial charge in [0.05, 0.1) is 12.0 Å². The predicted octanol–water partition coefficient (Wildman–Crippen LogP) is 3.08. The summed E-state index contributed by atoms with van der Waals surface area (Å²) in [6.07, 6.45) is 3.43. The molecule has 0 aromatic heterocycles. The number of allylic oxidation sites excluding steroid dienone is 1. The molecule has 148 valence electrons. The third kappa shape index (κ3) is 3.36. The van der Waals surface area contributed by atoms with Crippen molar-refractivity contribution >= 4 is 11.9 Å². The fraction of sp³-hybridized carbons (Fsp3) is 0.619. The molecule has 0 spiro atoms. The summed E-state index contributed by atoms with van der Waals surface area (Å²) in [6, 6.07) is 0. The van der Waals surface area contributed by atoms with Crippen molar-refractivity contribution < 1.29 is 28.5 Å². The van der Waals surface area contributed by atoms with Gasteiger partial charge in [0.2, 0.25) is 0 Å². The lowest BCUT2D eigenvalue weighted by Gasteiger charge is -2.35. The lowest BCUT2D eigenvalue weighted by Crippen LogP contribution is -2.41. The van der Waals surface area contributed by atoms with Gasteiger partial charge < -0.3 is 18.9 Å². The van der Waals surface area contributed by atoms with E-state index >= 15 is 0 Å². The third-order valence-corrected chi connectivity index (χ3v) is 6.04. The number of esters is 2. The van der Waals surface area contributed by atoms with Crippen molar-refractivity contribution in [3.8, 4) is 0 Å². The molecule has 27 heavy (non-hydrogen) atoms. The Morgan fingerprint density at radius 1 is 1.41 bits per heavy atom. The normalized spacial score (nSPS) is 39.1. The first-order chi connectivity index (χ1) is 12.7. The van der Waals surface area contributed by atoms with Crippen LogP contribution < -0.4 is 0 Å². The lowest BCUT2D eigenvalue weighted by molar-refractivity contribution is -0.225. The molecule has 3 heterocycles. The minimum Gasteiger partial charge on any atom is -0.458 e. The zero-order chi connectivity index (χ0) is 19.9. The smallest absolute Gasteiger partial charge is 0.334 e. The summed E-state index contributed by atoms with van der Waals surface area (Å²) >= 11 is 0. The first-order valence-corrected chi connectivity index (χ1v) is 9.38. The largest absolute Gasteiger partial charge is 0.458 e. The van der Waals surface area contributed by atoms with Gasteiger partial charge in [0, 0.05) is 30.6 Å². The van der Waals surface area contributed by atoms with Crippen molar-refractivity contribution in [2.24, 2.45) is 11.8 Å². The van der Waals surface area contributed by atoms with Gasteiger partial charge in [0.1, 0.15) is 12.2 Å². The quantitative estimate of drug-likeness (QED) is 0.428. The summed E-state index contributed by atoms with van der Waals surface area (Å²) in [5, 5.41) is 0. The predicted molar refractivity (Wildman–Crippen MR) is 98.6 cm³/mol. The molecule has 0 aromatic rings. The van der Waals surface area contributed by atoms with Crippen LogP contribution in [0.3, 0.4) is 0 Å². The zero-order valence-corrected chi connectivity index (χ0v) is 16.6. The Bertz CT molecular complexity index is 720.